The third-order valence-electron chi connectivity index (χ3n) is 3.12. The molecule has 0 bridgehead atoms. The lowest BCUT2D eigenvalue weighted by molar-refractivity contribution is 0.0399. The van der Waals surface area contributed by atoms with Crippen LogP contribution in [0.15, 0.2) is 43.0 Å². The molecule has 0 saturated carbocycles. The number of nitrogens with zero attached hydrogens (tertiary/aromatic N) is 1. The Bertz CT molecular complexity index is 461. The average molecular weight is 259 g/mol. The fourth-order valence-electron chi connectivity index (χ4n) is 2.22. The molecule has 1 aromatic carbocycles. The van der Waals surface area contributed by atoms with Crippen LogP contribution >= 0.6 is 0 Å². The van der Waals surface area contributed by atoms with Crippen molar-refractivity contribution in [1.82, 2.24) is 4.90 Å². The number of ether oxygens (including phenoxy) is 1. The maximum Gasteiger partial charge on any atom is 0.411 e. The molecule has 102 valence electrons. The Balaban J connectivity index is 1.99. The van der Waals surface area contributed by atoms with Gasteiger partial charge in [0.2, 0.25) is 0 Å². The van der Waals surface area contributed by atoms with Crippen LogP contribution in [-0.2, 0) is 11.2 Å². The minimum absolute atomic E-state index is 0.0926. The van der Waals surface area contributed by atoms with E-state index in [1.165, 1.54) is 5.56 Å². The van der Waals surface area contributed by atoms with Crippen LogP contribution in [0.1, 0.15) is 26.3 Å². The van der Waals surface area contributed by atoms with Crippen molar-refractivity contribution in [2.24, 2.45) is 0 Å². The van der Waals surface area contributed by atoms with Crippen LogP contribution in [0.4, 0.5) is 4.79 Å². The topological polar surface area (TPSA) is 29.3 Å². The zero-order valence-corrected chi connectivity index (χ0v) is 11.8. The number of hydrogen-bond acceptors (Lipinski definition) is 2. The molecule has 3 nitrogen and oxygen atoms in total. The van der Waals surface area contributed by atoms with Crippen LogP contribution in [0, 0.1) is 0 Å². The minimum atomic E-state index is -0.456. The van der Waals surface area contributed by atoms with E-state index in [1.807, 2.05) is 45.0 Å². The molecular formula is C16H21NO2. The summed E-state index contributed by atoms with van der Waals surface area (Å²) in [5.41, 5.74) is 0.772. The molecule has 2 rings (SSSR count). The first-order chi connectivity index (χ1) is 8.92. The summed E-state index contributed by atoms with van der Waals surface area (Å²) < 4.78 is 5.40. The normalized spacial score (nSPS) is 21.9. The Hall–Kier alpha value is -1.77. The molecule has 1 heterocycles. The van der Waals surface area contributed by atoms with Crippen molar-refractivity contribution in [2.75, 3.05) is 0 Å². The van der Waals surface area contributed by atoms with Crippen LogP contribution in [0.5, 0.6) is 0 Å². The van der Waals surface area contributed by atoms with Gasteiger partial charge in [-0.3, -0.25) is 4.90 Å². The fourth-order valence-corrected chi connectivity index (χ4v) is 2.22. The first-order valence-corrected chi connectivity index (χ1v) is 6.60. The summed E-state index contributed by atoms with van der Waals surface area (Å²) in [7, 11) is 0. The van der Waals surface area contributed by atoms with E-state index in [-0.39, 0.29) is 18.2 Å². The Kier molecular flexibility index (Phi) is 3.65. The van der Waals surface area contributed by atoms with Gasteiger partial charge in [-0.25, -0.2) is 4.79 Å². The second-order valence-electron chi connectivity index (χ2n) is 5.87. The molecule has 0 unspecified atom stereocenters. The lowest BCUT2D eigenvalue weighted by Crippen LogP contribution is -2.28. The van der Waals surface area contributed by atoms with Gasteiger partial charge in [0, 0.05) is 0 Å². The van der Waals surface area contributed by atoms with Crippen LogP contribution in [0.25, 0.3) is 0 Å². The molecular weight excluding hydrogens is 238 g/mol. The molecule has 2 atom stereocenters. The van der Waals surface area contributed by atoms with Gasteiger partial charge < -0.3 is 4.74 Å². The molecule has 0 aliphatic carbocycles. The van der Waals surface area contributed by atoms with Crippen molar-refractivity contribution >= 4 is 6.09 Å². The highest BCUT2D eigenvalue weighted by Gasteiger charge is 2.50. The smallest absolute Gasteiger partial charge is 0.411 e. The van der Waals surface area contributed by atoms with E-state index in [4.69, 9.17) is 4.74 Å². The molecule has 0 aromatic heterocycles. The van der Waals surface area contributed by atoms with E-state index in [0.717, 1.165) is 6.42 Å². The maximum atomic E-state index is 12.0. The monoisotopic (exact) mass is 259 g/mol. The van der Waals surface area contributed by atoms with Gasteiger partial charge in [0.05, 0.1) is 12.1 Å². The van der Waals surface area contributed by atoms with E-state index in [2.05, 4.69) is 18.7 Å². The van der Waals surface area contributed by atoms with E-state index in [9.17, 15) is 4.79 Å². The minimum Gasteiger partial charge on any atom is -0.444 e. The Morgan fingerprint density at radius 3 is 2.53 bits per heavy atom. The largest absolute Gasteiger partial charge is 0.444 e. The molecule has 1 amide bonds. The standard InChI is InChI=1S/C16H21NO2/c1-5-13-14(11-12-9-7-6-8-10-12)17(13)15(18)19-16(2,3)4/h5-10,13-14H,1,11H2,2-4H3/t13-,14+,17?/m1/s1. The van der Waals surface area contributed by atoms with Crippen molar-refractivity contribution in [1.29, 1.82) is 0 Å². The molecule has 19 heavy (non-hydrogen) atoms. The van der Waals surface area contributed by atoms with Crippen LogP contribution in [-0.4, -0.2) is 28.7 Å². The highest BCUT2D eigenvalue weighted by molar-refractivity contribution is 5.73. The number of carbonyl (C=O) groups excluding carboxylic acids is 1. The third-order valence-corrected chi connectivity index (χ3v) is 3.12. The molecule has 3 heteroatoms. The lowest BCUT2D eigenvalue weighted by Gasteiger charge is -2.20. The summed E-state index contributed by atoms with van der Waals surface area (Å²) in [4.78, 5) is 13.8. The van der Waals surface area contributed by atoms with Gasteiger partial charge in [-0.2, -0.15) is 0 Å². The maximum absolute atomic E-state index is 12.0. The van der Waals surface area contributed by atoms with Crippen molar-refractivity contribution < 1.29 is 9.53 Å². The Morgan fingerprint density at radius 2 is 2.00 bits per heavy atom. The SMILES string of the molecule is C=C[C@@H]1[C@H](Cc2ccccc2)N1C(=O)OC(C)(C)C. The average Bonchev–Trinajstić information content (AvgIpc) is 3.01. The van der Waals surface area contributed by atoms with Crippen LogP contribution in [0.2, 0.25) is 0 Å². The Labute approximate surface area is 114 Å². The van der Waals surface area contributed by atoms with Gasteiger partial charge in [-0.05, 0) is 32.8 Å². The molecule has 1 fully saturated rings. The molecule has 0 spiro atoms. The summed E-state index contributed by atoms with van der Waals surface area (Å²) >= 11 is 0. The number of hydrogen-bond donors (Lipinski definition) is 0. The van der Waals surface area contributed by atoms with Crippen molar-refractivity contribution in [2.45, 2.75) is 44.9 Å². The first-order valence-electron chi connectivity index (χ1n) is 6.60. The van der Waals surface area contributed by atoms with Gasteiger partial charge in [-0.15, -0.1) is 6.58 Å². The molecule has 1 aromatic rings. The highest BCUT2D eigenvalue weighted by atomic mass is 16.6. The predicted molar refractivity (Wildman–Crippen MR) is 76.0 cm³/mol. The number of benzene rings is 1. The molecule has 0 radical (unpaired) electrons. The van der Waals surface area contributed by atoms with Gasteiger partial charge >= 0.3 is 6.09 Å². The second-order valence-corrected chi connectivity index (χ2v) is 5.87. The first kappa shape index (κ1) is 13.7. The van der Waals surface area contributed by atoms with Gasteiger partial charge in [0.1, 0.15) is 5.60 Å². The lowest BCUT2D eigenvalue weighted by atomic mass is 10.1. The molecule has 0 N–H and O–H groups in total. The van der Waals surface area contributed by atoms with Crippen LogP contribution < -0.4 is 0 Å². The predicted octanol–water partition coefficient (Wildman–Crippen LogP) is 3.40. The fraction of sp³-hybridized carbons (Fsp3) is 0.438. The zero-order valence-electron chi connectivity index (χ0n) is 11.8. The van der Waals surface area contributed by atoms with Crippen molar-refractivity contribution in [3.8, 4) is 0 Å². The summed E-state index contributed by atoms with van der Waals surface area (Å²) in [6.07, 6.45) is 2.41. The van der Waals surface area contributed by atoms with E-state index in [1.54, 1.807) is 4.90 Å². The molecule has 1 aliphatic heterocycles. The van der Waals surface area contributed by atoms with Gasteiger partial charge in [0.25, 0.3) is 0 Å². The van der Waals surface area contributed by atoms with E-state index in [0.29, 0.717) is 0 Å². The third kappa shape index (κ3) is 3.37. The number of amides is 1. The van der Waals surface area contributed by atoms with E-state index >= 15 is 0 Å². The van der Waals surface area contributed by atoms with Crippen molar-refractivity contribution in [3.63, 3.8) is 0 Å². The van der Waals surface area contributed by atoms with Gasteiger partial charge in [0.15, 0.2) is 0 Å². The van der Waals surface area contributed by atoms with E-state index < -0.39 is 5.60 Å². The van der Waals surface area contributed by atoms with Crippen LogP contribution in [0.3, 0.4) is 0 Å². The quantitative estimate of drug-likeness (QED) is 0.615. The summed E-state index contributed by atoms with van der Waals surface area (Å²) in [6.45, 7) is 9.43. The zero-order chi connectivity index (χ0) is 14.0. The number of rotatable bonds is 3. The summed E-state index contributed by atoms with van der Waals surface area (Å²) in [5.74, 6) is 0. The number of carbonyl (C=O) groups is 1. The molecule has 1 aliphatic rings. The van der Waals surface area contributed by atoms with Crippen molar-refractivity contribution in [3.05, 3.63) is 48.6 Å². The van der Waals surface area contributed by atoms with Gasteiger partial charge in [-0.1, -0.05) is 36.4 Å². The second kappa shape index (κ2) is 5.08. The summed E-state index contributed by atoms with van der Waals surface area (Å²) in [6, 6.07) is 10.4. The Morgan fingerprint density at radius 1 is 1.37 bits per heavy atom. The summed E-state index contributed by atoms with van der Waals surface area (Å²) in [5, 5.41) is 0. The molecule has 1 saturated heterocycles. The highest BCUT2D eigenvalue weighted by Crippen LogP contribution is 2.34.